The molecule has 0 unspecified atom stereocenters. The zero-order valence-corrected chi connectivity index (χ0v) is 18.6. The first-order chi connectivity index (χ1) is 13.2. The molecule has 0 bridgehead atoms. The molecule has 1 saturated heterocycles. The molecule has 0 saturated carbocycles. The van der Waals surface area contributed by atoms with Crippen LogP contribution in [0.3, 0.4) is 0 Å². The maximum atomic E-state index is 12.7. The van der Waals surface area contributed by atoms with Gasteiger partial charge in [-0.2, -0.15) is 0 Å². The fourth-order valence-electron chi connectivity index (χ4n) is 3.13. The molecule has 1 fully saturated rings. The van der Waals surface area contributed by atoms with Gasteiger partial charge >= 0.3 is 0 Å². The van der Waals surface area contributed by atoms with E-state index < -0.39 is 0 Å². The molecule has 6 nitrogen and oxygen atoms in total. The van der Waals surface area contributed by atoms with E-state index in [0.29, 0.717) is 52.4 Å². The van der Waals surface area contributed by atoms with Gasteiger partial charge in [-0.15, -0.1) is 17.9 Å². The molecule has 8 heteroatoms. The van der Waals surface area contributed by atoms with Gasteiger partial charge in [0, 0.05) is 49.7 Å². The van der Waals surface area contributed by atoms with Crippen LogP contribution in [0.2, 0.25) is 4.34 Å². The van der Waals surface area contributed by atoms with Crippen LogP contribution >= 0.6 is 22.9 Å². The minimum atomic E-state index is -0.226. The number of hydrogen-bond donors (Lipinski definition) is 1. The van der Waals surface area contributed by atoms with Crippen molar-refractivity contribution in [3.05, 3.63) is 34.0 Å². The molecule has 2 heterocycles. The predicted molar refractivity (Wildman–Crippen MR) is 116 cm³/mol. The van der Waals surface area contributed by atoms with Crippen LogP contribution in [0.5, 0.6) is 0 Å². The van der Waals surface area contributed by atoms with Crippen LogP contribution in [0.4, 0.5) is 0 Å². The molecular weight excluding hydrogens is 396 g/mol. The lowest BCUT2D eigenvalue weighted by Gasteiger charge is -2.35. The lowest BCUT2D eigenvalue weighted by molar-refractivity contribution is -0.134. The summed E-state index contributed by atoms with van der Waals surface area (Å²) in [7, 11) is 0. The van der Waals surface area contributed by atoms with E-state index in [4.69, 9.17) is 11.6 Å². The van der Waals surface area contributed by atoms with Crippen LogP contribution < -0.4 is 5.32 Å². The van der Waals surface area contributed by atoms with E-state index in [1.165, 1.54) is 11.3 Å². The van der Waals surface area contributed by atoms with Crippen molar-refractivity contribution in [1.82, 2.24) is 20.0 Å². The van der Waals surface area contributed by atoms with Crippen molar-refractivity contribution in [2.45, 2.75) is 32.9 Å². The second-order valence-electron chi connectivity index (χ2n) is 8.12. The summed E-state index contributed by atoms with van der Waals surface area (Å²) in [5.41, 5.74) is -0.226. The SMILES string of the molecule is C=CCN(CC(=O)N1CCN(CC(=O)NC(C)(C)C)CC1)Cc1ccc(Cl)s1. The number of nitrogens with one attached hydrogen (secondary N) is 1. The molecule has 1 N–H and O–H groups in total. The Kier molecular flexibility index (Phi) is 8.49. The van der Waals surface area contributed by atoms with Crippen molar-refractivity contribution in [2.75, 3.05) is 45.8 Å². The number of carbonyl (C=O) groups excluding carboxylic acids is 2. The van der Waals surface area contributed by atoms with Gasteiger partial charge < -0.3 is 10.2 Å². The molecule has 0 spiro atoms. The van der Waals surface area contributed by atoms with E-state index in [1.807, 2.05) is 43.9 Å². The van der Waals surface area contributed by atoms with Gasteiger partial charge in [0.15, 0.2) is 0 Å². The molecule has 1 aliphatic heterocycles. The highest BCUT2D eigenvalue weighted by atomic mass is 35.5. The molecule has 156 valence electrons. The van der Waals surface area contributed by atoms with Gasteiger partial charge in [0.1, 0.15) is 0 Å². The van der Waals surface area contributed by atoms with Crippen LogP contribution in [0, 0.1) is 0 Å². The lowest BCUT2D eigenvalue weighted by atomic mass is 10.1. The number of hydrogen-bond acceptors (Lipinski definition) is 5. The first-order valence-electron chi connectivity index (χ1n) is 9.55. The first-order valence-corrected chi connectivity index (χ1v) is 10.7. The summed E-state index contributed by atoms with van der Waals surface area (Å²) in [6, 6.07) is 3.87. The average molecular weight is 427 g/mol. The molecule has 1 aromatic rings. The Hall–Kier alpha value is -1.41. The Labute approximate surface area is 177 Å². The largest absolute Gasteiger partial charge is 0.350 e. The minimum absolute atomic E-state index is 0.0269. The van der Waals surface area contributed by atoms with Gasteiger partial charge in [-0.05, 0) is 32.9 Å². The fraction of sp³-hybridized carbons (Fsp3) is 0.600. The number of halogens is 1. The third kappa shape index (κ3) is 7.91. The average Bonchev–Trinajstić information content (AvgIpc) is 2.98. The van der Waals surface area contributed by atoms with Gasteiger partial charge in [0.25, 0.3) is 0 Å². The van der Waals surface area contributed by atoms with Crippen molar-refractivity contribution >= 4 is 34.8 Å². The topological polar surface area (TPSA) is 55.9 Å². The molecule has 0 atom stereocenters. The monoisotopic (exact) mass is 426 g/mol. The predicted octanol–water partition coefficient (Wildman–Crippen LogP) is 2.45. The van der Waals surface area contributed by atoms with Gasteiger partial charge in [0.2, 0.25) is 11.8 Å². The Balaban J connectivity index is 1.79. The van der Waals surface area contributed by atoms with Gasteiger partial charge in [-0.1, -0.05) is 17.7 Å². The molecular formula is C20H31ClN4O2S. The molecule has 2 amide bonds. The lowest BCUT2D eigenvalue weighted by Crippen LogP contribution is -2.54. The quantitative estimate of drug-likeness (QED) is 0.649. The zero-order chi connectivity index (χ0) is 20.7. The highest BCUT2D eigenvalue weighted by Crippen LogP contribution is 2.22. The summed E-state index contributed by atoms with van der Waals surface area (Å²) in [4.78, 5) is 32.0. The number of piperazine rings is 1. The van der Waals surface area contributed by atoms with E-state index in [9.17, 15) is 9.59 Å². The second kappa shape index (κ2) is 10.4. The Bertz CT molecular complexity index is 678. The van der Waals surface area contributed by atoms with Crippen LogP contribution in [0.1, 0.15) is 25.6 Å². The van der Waals surface area contributed by atoms with Gasteiger partial charge in [-0.3, -0.25) is 19.4 Å². The molecule has 0 aliphatic carbocycles. The summed E-state index contributed by atoms with van der Waals surface area (Å²) in [6.45, 7) is 14.5. The summed E-state index contributed by atoms with van der Waals surface area (Å²) in [5.74, 6) is 0.141. The van der Waals surface area contributed by atoms with Crippen molar-refractivity contribution < 1.29 is 9.59 Å². The second-order valence-corrected chi connectivity index (χ2v) is 9.92. The van der Waals surface area contributed by atoms with Crippen molar-refractivity contribution in [1.29, 1.82) is 0 Å². The highest BCUT2D eigenvalue weighted by Gasteiger charge is 2.24. The van der Waals surface area contributed by atoms with Crippen LogP contribution in [-0.4, -0.2) is 77.9 Å². The smallest absolute Gasteiger partial charge is 0.236 e. The molecule has 2 rings (SSSR count). The number of nitrogens with zero attached hydrogens (tertiary/aromatic N) is 3. The normalized spacial score (nSPS) is 15.7. The molecule has 28 heavy (non-hydrogen) atoms. The number of carbonyl (C=O) groups is 2. The van der Waals surface area contributed by atoms with Crippen molar-refractivity contribution in [3.63, 3.8) is 0 Å². The number of thiophene rings is 1. The Morgan fingerprint density at radius 2 is 1.96 bits per heavy atom. The van der Waals surface area contributed by atoms with E-state index >= 15 is 0 Å². The zero-order valence-electron chi connectivity index (χ0n) is 17.0. The Morgan fingerprint density at radius 3 is 2.50 bits per heavy atom. The highest BCUT2D eigenvalue weighted by molar-refractivity contribution is 7.16. The van der Waals surface area contributed by atoms with E-state index in [0.717, 1.165) is 9.21 Å². The van der Waals surface area contributed by atoms with Crippen LogP contribution in [-0.2, 0) is 16.1 Å². The number of rotatable bonds is 8. The van der Waals surface area contributed by atoms with E-state index in [2.05, 4.69) is 21.7 Å². The molecule has 0 radical (unpaired) electrons. The third-order valence-electron chi connectivity index (χ3n) is 4.36. The maximum absolute atomic E-state index is 12.7. The summed E-state index contributed by atoms with van der Waals surface area (Å²) < 4.78 is 0.756. The summed E-state index contributed by atoms with van der Waals surface area (Å²) in [5, 5.41) is 2.98. The molecule has 1 aromatic heterocycles. The van der Waals surface area contributed by atoms with E-state index in [-0.39, 0.29) is 17.4 Å². The van der Waals surface area contributed by atoms with Crippen LogP contribution in [0.15, 0.2) is 24.8 Å². The fourth-order valence-corrected chi connectivity index (χ4v) is 4.26. The molecule has 0 aromatic carbocycles. The third-order valence-corrected chi connectivity index (χ3v) is 5.58. The van der Waals surface area contributed by atoms with Crippen molar-refractivity contribution in [2.24, 2.45) is 0 Å². The summed E-state index contributed by atoms with van der Waals surface area (Å²) >= 11 is 7.54. The van der Waals surface area contributed by atoms with E-state index in [1.54, 1.807) is 0 Å². The Morgan fingerprint density at radius 1 is 1.29 bits per heavy atom. The first kappa shape index (κ1) is 22.9. The molecule has 1 aliphatic rings. The van der Waals surface area contributed by atoms with Gasteiger partial charge in [0.05, 0.1) is 17.4 Å². The number of amides is 2. The summed E-state index contributed by atoms with van der Waals surface area (Å²) in [6.07, 6.45) is 1.81. The maximum Gasteiger partial charge on any atom is 0.236 e. The minimum Gasteiger partial charge on any atom is -0.350 e. The standard InChI is InChI=1S/C20H31ClN4O2S/c1-5-8-24(13-16-6-7-17(21)28-16)15-19(27)25-11-9-23(10-12-25)14-18(26)22-20(2,3)4/h5-7H,1,8-15H2,2-4H3,(H,22,26). The van der Waals surface area contributed by atoms with Crippen LogP contribution in [0.25, 0.3) is 0 Å². The van der Waals surface area contributed by atoms with Gasteiger partial charge in [-0.25, -0.2) is 0 Å². The van der Waals surface area contributed by atoms with Crippen molar-refractivity contribution in [3.8, 4) is 0 Å².